The zero-order valence-corrected chi connectivity index (χ0v) is 19.9. The number of hydrogen-bond acceptors (Lipinski definition) is 3. The highest BCUT2D eigenvalue weighted by Gasteiger charge is 2.60. The number of carbonyl (C=O) groups excluding carboxylic acids is 1. The largest absolute Gasteiger partial charge is 0.393 e. The molecule has 1 aromatic heterocycles. The summed E-state index contributed by atoms with van der Waals surface area (Å²) in [5, 5.41) is 14.9. The van der Waals surface area contributed by atoms with Crippen molar-refractivity contribution in [2.75, 3.05) is 0 Å². The van der Waals surface area contributed by atoms with Crippen LogP contribution < -0.4 is 10.4 Å². The molecule has 1 heterocycles. The van der Waals surface area contributed by atoms with Crippen molar-refractivity contribution in [3.8, 4) is 0 Å². The zero-order chi connectivity index (χ0) is 22.5. The first-order valence-electron chi connectivity index (χ1n) is 12.8. The number of pyridine rings is 1. The first-order valence-corrected chi connectivity index (χ1v) is 12.8. The lowest BCUT2D eigenvalue weighted by atomic mass is 9.44. The maximum Gasteiger partial charge on any atom is 0.271 e. The number of amides is 1. The normalized spacial score (nSPS) is 43.7. The molecule has 3 N–H and O–H groups in total. The summed E-state index contributed by atoms with van der Waals surface area (Å²) in [5.41, 5.74) is 5.23. The van der Waals surface area contributed by atoms with Gasteiger partial charge < -0.3 is 5.11 Å². The molecule has 32 heavy (non-hydrogen) atoms. The second-order valence-electron chi connectivity index (χ2n) is 11.7. The van der Waals surface area contributed by atoms with E-state index in [9.17, 15) is 9.90 Å². The Balaban J connectivity index is 1.31. The summed E-state index contributed by atoms with van der Waals surface area (Å²) in [6.07, 6.45) is 14.4. The topological polar surface area (TPSA) is 75.8 Å². The molecule has 4 aliphatic rings. The third kappa shape index (κ3) is 3.52. The molecule has 0 aromatic carbocycles. The van der Waals surface area contributed by atoms with Gasteiger partial charge in [-0.15, -0.1) is 0 Å². The predicted molar refractivity (Wildman–Crippen MR) is 125 cm³/mol. The molecule has 174 valence electrons. The summed E-state index contributed by atoms with van der Waals surface area (Å²) in [6.45, 7) is 7.18. The van der Waals surface area contributed by atoms with Crippen molar-refractivity contribution in [2.24, 2.45) is 45.5 Å². The Morgan fingerprint density at radius 3 is 2.53 bits per heavy atom. The third-order valence-corrected chi connectivity index (χ3v) is 10.5. The number of H-pyrrole nitrogens is 1. The number of nitrogens with zero attached hydrogens (tertiary/aromatic N) is 1. The van der Waals surface area contributed by atoms with Crippen LogP contribution in [0.2, 0.25) is 0 Å². The first kappa shape index (κ1) is 22.1. The number of rotatable bonds is 3. The summed E-state index contributed by atoms with van der Waals surface area (Å²) in [7, 11) is 0. The molecule has 4 fully saturated rings. The number of aromatic amines is 1. The van der Waals surface area contributed by atoms with E-state index in [0.29, 0.717) is 28.2 Å². The van der Waals surface area contributed by atoms with Gasteiger partial charge in [-0.05, 0) is 99.2 Å². The number of nitrogens with one attached hydrogen (secondary N) is 2. The zero-order valence-electron chi connectivity index (χ0n) is 19.9. The van der Waals surface area contributed by atoms with Crippen LogP contribution in [-0.4, -0.2) is 22.8 Å². The van der Waals surface area contributed by atoms with E-state index in [1.165, 1.54) is 44.9 Å². The van der Waals surface area contributed by atoms with Crippen LogP contribution in [0.15, 0.2) is 29.6 Å². The van der Waals surface area contributed by atoms with Gasteiger partial charge in [-0.3, -0.25) is 4.79 Å². The third-order valence-electron chi connectivity index (χ3n) is 10.5. The van der Waals surface area contributed by atoms with E-state index >= 15 is 0 Å². The van der Waals surface area contributed by atoms with Crippen molar-refractivity contribution in [2.45, 2.75) is 84.7 Å². The molecule has 1 amide bonds. The summed E-state index contributed by atoms with van der Waals surface area (Å²) < 4.78 is 0. The smallest absolute Gasteiger partial charge is 0.271 e. The Bertz CT molecular complexity index is 886. The maximum atomic E-state index is 12.5. The van der Waals surface area contributed by atoms with Gasteiger partial charge in [0.1, 0.15) is 0 Å². The highest BCUT2D eigenvalue weighted by atomic mass is 16.3. The van der Waals surface area contributed by atoms with Gasteiger partial charge in [0.25, 0.3) is 5.91 Å². The Morgan fingerprint density at radius 2 is 1.75 bits per heavy atom. The van der Waals surface area contributed by atoms with Crippen LogP contribution in [0.1, 0.15) is 88.9 Å². The van der Waals surface area contributed by atoms with Crippen LogP contribution in [0.4, 0.5) is 0 Å². The summed E-state index contributed by atoms with van der Waals surface area (Å²) >= 11 is 0. The molecule has 5 rings (SSSR count). The first-order chi connectivity index (χ1) is 15.3. The minimum atomic E-state index is -0.146. The van der Waals surface area contributed by atoms with Gasteiger partial charge >= 0.3 is 0 Å². The van der Waals surface area contributed by atoms with Crippen LogP contribution in [0, 0.1) is 40.4 Å². The number of hydrogen-bond donors (Lipinski definition) is 2. The molecule has 7 unspecified atom stereocenters. The van der Waals surface area contributed by atoms with Crippen LogP contribution in [0.3, 0.4) is 0 Å². The second kappa shape index (κ2) is 8.23. The second-order valence-corrected chi connectivity index (χ2v) is 11.7. The van der Waals surface area contributed by atoms with Crippen LogP contribution in [-0.2, 0) is 0 Å². The summed E-state index contributed by atoms with van der Waals surface area (Å²) in [5.74, 6) is 3.42. The van der Waals surface area contributed by atoms with Gasteiger partial charge in [0, 0.05) is 23.8 Å². The van der Waals surface area contributed by atoms with Gasteiger partial charge in [-0.1, -0.05) is 13.8 Å². The molecule has 4 aliphatic carbocycles. The number of aliphatic hydroxyl groups is 1. The van der Waals surface area contributed by atoms with E-state index in [1.54, 1.807) is 24.5 Å². The average molecular weight is 439 g/mol. The maximum absolute atomic E-state index is 12.5. The minimum absolute atomic E-state index is 0.0718. The highest BCUT2D eigenvalue weighted by Crippen LogP contribution is 2.67. The molecule has 8 atom stereocenters. The van der Waals surface area contributed by atoms with Crippen molar-refractivity contribution in [1.82, 2.24) is 5.43 Å². The van der Waals surface area contributed by atoms with E-state index in [4.69, 9.17) is 0 Å². The van der Waals surface area contributed by atoms with Crippen LogP contribution >= 0.6 is 0 Å². The summed E-state index contributed by atoms with van der Waals surface area (Å²) in [4.78, 5) is 15.4. The number of hydrazone groups is 1. The quantitative estimate of drug-likeness (QED) is 0.533. The van der Waals surface area contributed by atoms with Crippen molar-refractivity contribution < 1.29 is 14.9 Å². The molecular formula is C27H40N3O2+. The van der Waals surface area contributed by atoms with E-state index in [1.807, 2.05) is 0 Å². The van der Waals surface area contributed by atoms with Gasteiger partial charge in [-0.25, -0.2) is 10.4 Å². The number of aromatic nitrogens is 1. The highest BCUT2D eigenvalue weighted by molar-refractivity contribution is 5.95. The standard InChI is InChI=1S/C27H39N3O2/c1-17(29-30-25(32)18-10-14-28-15-11-18)22-6-7-23-21-5-4-19-16-20(31)8-12-26(19,2)24(21)9-13-27(22,23)3/h10-11,14-15,19-24,31H,4-9,12-13,16H2,1-3H3,(H,30,32)/p+1/t19-,20?,21?,22?,23?,24?,26?,27?/m0/s1. The molecule has 0 aliphatic heterocycles. The molecule has 5 nitrogen and oxygen atoms in total. The average Bonchev–Trinajstić information content (AvgIpc) is 3.15. The fraction of sp³-hybridized carbons (Fsp3) is 0.741. The van der Waals surface area contributed by atoms with Crippen molar-refractivity contribution in [3.63, 3.8) is 0 Å². The fourth-order valence-electron chi connectivity index (χ4n) is 8.74. The van der Waals surface area contributed by atoms with Crippen LogP contribution in [0.5, 0.6) is 0 Å². The molecule has 0 spiro atoms. The van der Waals surface area contributed by atoms with Crippen molar-refractivity contribution in [3.05, 3.63) is 30.1 Å². The van der Waals surface area contributed by atoms with Crippen molar-refractivity contribution >= 4 is 11.6 Å². The van der Waals surface area contributed by atoms with E-state index < -0.39 is 0 Å². The van der Waals surface area contributed by atoms with Gasteiger partial charge in [0.15, 0.2) is 12.4 Å². The van der Waals surface area contributed by atoms with Gasteiger partial charge in [-0.2, -0.15) is 5.10 Å². The van der Waals surface area contributed by atoms with Crippen molar-refractivity contribution in [1.29, 1.82) is 0 Å². The van der Waals surface area contributed by atoms with Gasteiger partial charge in [0.05, 0.1) is 11.7 Å². The Labute approximate surface area is 192 Å². The fourth-order valence-corrected chi connectivity index (χ4v) is 8.74. The SMILES string of the molecule is CC(=NNC(=O)c1cc[nH+]cc1)C1CCC2C3CC[C@H]4CC(O)CCC4(C)C3CCC12C. The lowest BCUT2D eigenvalue weighted by Crippen LogP contribution is -2.54. The lowest BCUT2D eigenvalue weighted by molar-refractivity contribution is -0.378. The molecule has 0 bridgehead atoms. The number of fused-ring (bicyclic) bond motifs is 5. The molecule has 1 aromatic rings. The van der Waals surface area contributed by atoms with Crippen LogP contribution in [0.25, 0.3) is 0 Å². The van der Waals surface area contributed by atoms with E-state index in [-0.39, 0.29) is 12.0 Å². The molecule has 4 saturated carbocycles. The number of carbonyl (C=O) groups is 1. The minimum Gasteiger partial charge on any atom is -0.393 e. The molecule has 0 saturated heterocycles. The monoisotopic (exact) mass is 438 g/mol. The van der Waals surface area contributed by atoms with Gasteiger partial charge in [0.2, 0.25) is 0 Å². The molecule has 5 heteroatoms. The summed E-state index contributed by atoms with van der Waals surface area (Å²) in [6, 6.07) is 3.55. The number of aliphatic hydroxyl groups excluding tert-OH is 1. The lowest BCUT2D eigenvalue weighted by Gasteiger charge is -2.61. The Kier molecular flexibility index (Phi) is 5.68. The Hall–Kier alpha value is -1.75. The van der Waals surface area contributed by atoms with E-state index in [2.05, 4.69) is 36.3 Å². The predicted octanol–water partition coefficient (Wildman–Crippen LogP) is 4.63. The Morgan fingerprint density at radius 1 is 1.03 bits per heavy atom. The molecular weight excluding hydrogens is 398 g/mol. The molecule has 0 radical (unpaired) electrons. The van der Waals surface area contributed by atoms with E-state index in [0.717, 1.165) is 36.3 Å².